The Morgan fingerprint density at radius 2 is 1.52 bits per heavy atom. The van der Waals surface area contributed by atoms with Gasteiger partial charge in [-0.1, -0.05) is 6.07 Å². The number of hydrogen-bond acceptors (Lipinski definition) is 5. The van der Waals surface area contributed by atoms with Crippen LogP contribution in [0.3, 0.4) is 0 Å². The van der Waals surface area contributed by atoms with Gasteiger partial charge in [0.15, 0.2) is 11.5 Å². The minimum absolute atomic E-state index is 0.188. The van der Waals surface area contributed by atoms with Crippen molar-refractivity contribution in [2.24, 2.45) is 0 Å². The van der Waals surface area contributed by atoms with E-state index in [1.54, 1.807) is 30.3 Å². The smallest absolute Gasteiger partial charge is 0.251 e. The number of ether oxygens (including phenoxy) is 2. The monoisotopic (exact) mass is 369 g/mol. The summed E-state index contributed by atoms with van der Waals surface area (Å²) < 4.78 is 10.6. The molecule has 0 spiro atoms. The van der Waals surface area contributed by atoms with Crippen LogP contribution in [-0.2, 0) is 16.1 Å². The molecule has 2 aromatic carbocycles. The van der Waals surface area contributed by atoms with Crippen LogP contribution < -0.4 is 25.4 Å². The molecule has 1 aliphatic heterocycles. The lowest BCUT2D eigenvalue weighted by Gasteiger charge is -2.11. The van der Waals surface area contributed by atoms with Crippen LogP contribution in [0.5, 0.6) is 11.5 Å². The van der Waals surface area contributed by atoms with Crippen LogP contribution >= 0.6 is 0 Å². The van der Waals surface area contributed by atoms with Crippen molar-refractivity contribution >= 4 is 29.1 Å². The van der Waals surface area contributed by atoms with Crippen LogP contribution in [0.15, 0.2) is 36.4 Å². The molecule has 0 atom stereocenters. The number of benzene rings is 2. The number of nitrogens with one attached hydrogen (secondary N) is 3. The molecule has 3 N–H and O–H groups in total. The van der Waals surface area contributed by atoms with Gasteiger partial charge in [-0.15, -0.1) is 0 Å². The maximum Gasteiger partial charge on any atom is 0.251 e. The second-order valence-electron chi connectivity index (χ2n) is 6.03. The minimum atomic E-state index is -0.341. The largest absolute Gasteiger partial charge is 0.454 e. The van der Waals surface area contributed by atoms with E-state index in [4.69, 9.17) is 9.47 Å². The molecule has 8 nitrogen and oxygen atoms in total. The first-order valence-corrected chi connectivity index (χ1v) is 8.28. The maximum absolute atomic E-state index is 12.5. The summed E-state index contributed by atoms with van der Waals surface area (Å²) in [5.74, 6) is 0.422. The quantitative estimate of drug-likeness (QED) is 0.750. The van der Waals surface area contributed by atoms with E-state index in [9.17, 15) is 14.4 Å². The van der Waals surface area contributed by atoms with E-state index in [1.807, 2.05) is 6.07 Å². The third-order valence-corrected chi connectivity index (χ3v) is 3.73. The molecule has 140 valence electrons. The first-order valence-electron chi connectivity index (χ1n) is 8.28. The Labute approximate surface area is 155 Å². The summed E-state index contributed by atoms with van der Waals surface area (Å²) in [6, 6.07) is 10.1. The summed E-state index contributed by atoms with van der Waals surface area (Å²) in [6.07, 6.45) is 0. The Bertz CT molecular complexity index is 876. The molecule has 3 rings (SSSR count). The summed E-state index contributed by atoms with van der Waals surface area (Å²) in [7, 11) is 0. The molecule has 1 heterocycles. The van der Waals surface area contributed by atoms with Gasteiger partial charge in [-0.25, -0.2) is 0 Å². The number of hydrogen-bond donors (Lipinski definition) is 3. The zero-order valence-corrected chi connectivity index (χ0v) is 14.9. The minimum Gasteiger partial charge on any atom is -0.454 e. The van der Waals surface area contributed by atoms with Gasteiger partial charge >= 0.3 is 0 Å². The number of fused-ring (bicyclic) bond motifs is 1. The zero-order chi connectivity index (χ0) is 19.4. The molecule has 0 fully saturated rings. The van der Waals surface area contributed by atoms with E-state index in [0.29, 0.717) is 28.4 Å². The number of rotatable bonds is 5. The van der Waals surface area contributed by atoms with Crippen molar-refractivity contribution in [3.05, 3.63) is 47.5 Å². The SMILES string of the molecule is CC(=O)Nc1cc(NC(C)=O)cc(C(=O)NCc2ccc3c(c2)OCO3)c1. The number of anilines is 2. The summed E-state index contributed by atoms with van der Waals surface area (Å²) in [5, 5.41) is 8.04. The highest BCUT2D eigenvalue weighted by molar-refractivity contribution is 5.99. The average molecular weight is 369 g/mol. The van der Waals surface area contributed by atoms with Gasteiger partial charge in [0.2, 0.25) is 18.6 Å². The zero-order valence-electron chi connectivity index (χ0n) is 14.9. The fraction of sp³-hybridized carbons (Fsp3) is 0.211. The van der Waals surface area contributed by atoms with Crippen molar-refractivity contribution in [3.8, 4) is 11.5 Å². The second kappa shape index (κ2) is 7.77. The van der Waals surface area contributed by atoms with Gasteiger partial charge in [0.05, 0.1) is 0 Å². The Kier molecular flexibility index (Phi) is 5.25. The molecule has 3 amide bonds. The molecule has 0 radical (unpaired) electrons. The molecule has 0 aliphatic carbocycles. The number of carbonyl (C=O) groups is 3. The van der Waals surface area contributed by atoms with E-state index in [1.165, 1.54) is 13.8 Å². The lowest BCUT2D eigenvalue weighted by molar-refractivity contribution is -0.115. The molecule has 27 heavy (non-hydrogen) atoms. The van der Waals surface area contributed by atoms with Crippen molar-refractivity contribution in [1.29, 1.82) is 0 Å². The molecule has 2 aromatic rings. The fourth-order valence-corrected chi connectivity index (χ4v) is 2.64. The van der Waals surface area contributed by atoms with Crippen molar-refractivity contribution < 1.29 is 23.9 Å². The van der Waals surface area contributed by atoms with Gasteiger partial charge in [0, 0.05) is 37.3 Å². The Morgan fingerprint density at radius 1 is 0.889 bits per heavy atom. The Balaban J connectivity index is 1.74. The van der Waals surface area contributed by atoms with Crippen LogP contribution in [0.25, 0.3) is 0 Å². The molecule has 0 unspecified atom stereocenters. The van der Waals surface area contributed by atoms with Crippen LogP contribution in [0, 0.1) is 0 Å². The van der Waals surface area contributed by atoms with Gasteiger partial charge in [-0.05, 0) is 35.9 Å². The highest BCUT2D eigenvalue weighted by atomic mass is 16.7. The first kappa shape index (κ1) is 18.2. The lowest BCUT2D eigenvalue weighted by atomic mass is 10.1. The van der Waals surface area contributed by atoms with Crippen LogP contribution in [0.2, 0.25) is 0 Å². The van der Waals surface area contributed by atoms with E-state index >= 15 is 0 Å². The molecule has 8 heteroatoms. The van der Waals surface area contributed by atoms with Gasteiger partial charge in [-0.3, -0.25) is 14.4 Å². The molecular weight excluding hydrogens is 350 g/mol. The Hall–Kier alpha value is -3.55. The normalized spacial score (nSPS) is 11.6. The third kappa shape index (κ3) is 4.75. The average Bonchev–Trinajstić information content (AvgIpc) is 3.06. The molecule has 0 saturated carbocycles. The van der Waals surface area contributed by atoms with Crippen molar-refractivity contribution in [2.45, 2.75) is 20.4 Å². The second-order valence-corrected chi connectivity index (χ2v) is 6.03. The molecule has 0 aromatic heterocycles. The van der Waals surface area contributed by atoms with Gasteiger partial charge in [-0.2, -0.15) is 0 Å². The van der Waals surface area contributed by atoms with E-state index in [-0.39, 0.29) is 31.1 Å². The van der Waals surface area contributed by atoms with Gasteiger partial charge in [0.25, 0.3) is 5.91 Å². The first-order chi connectivity index (χ1) is 12.9. The highest BCUT2D eigenvalue weighted by Crippen LogP contribution is 2.32. The van der Waals surface area contributed by atoms with Crippen LogP contribution in [-0.4, -0.2) is 24.5 Å². The fourth-order valence-electron chi connectivity index (χ4n) is 2.64. The van der Waals surface area contributed by atoms with Crippen LogP contribution in [0.4, 0.5) is 11.4 Å². The number of carbonyl (C=O) groups excluding carboxylic acids is 3. The summed E-state index contributed by atoms with van der Waals surface area (Å²) in [4.78, 5) is 35.2. The van der Waals surface area contributed by atoms with Gasteiger partial charge in [0.1, 0.15) is 0 Å². The molecular formula is C19H19N3O5. The van der Waals surface area contributed by atoms with E-state index in [0.717, 1.165) is 5.56 Å². The van der Waals surface area contributed by atoms with Crippen LogP contribution in [0.1, 0.15) is 29.8 Å². The van der Waals surface area contributed by atoms with Crippen molar-refractivity contribution in [1.82, 2.24) is 5.32 Å². The van der Waals surface area contributed by atoms with E-state index < -0.39 is 0 Å². The lowest BCUT2D eigenvalue weighted by Crippen LogP contribution is -2.23. The predicted octanol–water partition coefficient (Wildman–Crippen LogP) is 2.26. The highest BCUT2D eigenvalue weighted by Gasteiger charge is 2.14. The van der Waals surface area contributed by atoms with Gasteiger partial charge < -0.3 is 25.4 Å². The third-order valence-electron chi connectivity index (χ3n) is 3.73. The molecule has 1 aliphatic rings. The van der Waals surface area contributed by atoms with Crippen molar-refractivity contribution in [2.75, 3.05) is 17.4 Å². The topological polar surface area (TPSA) is 106 Å². The predicted molar refractivity (Wildman–Crippen MR) is 98.8 cm³/mol. The Morgan fingerprint density at radius 3 is 2.15 bits per heavy atom. The summed E-state index contributed by atoms with van der Waals surface area (Å²) in [5.41, 5.74) is 2.00. The molecule has 0 saturated heterocycles. The summed E-state index contributed by atoms with van der Waals surface area (Å²) >= 11 is 0. The maximum atomic E-state index is 12.5. The van der Waals surface area contributed by atoms with Crippen molar-refractivity contribution in [3.63, 3.8) is 0 Å². The van der Waals surface area contributed by atoms with E-state index in [2.05, 4.69) is 16.0 Å². The molecule has 0 bridgehead atoms. The standard InChI is InChI=1S/C19H19N3O5/c1-11(23)21-15-6-14(7-16(8-15)22-12(2)24)19(25)20-9-13-3-4-17-18(5-13)27-10-26-17/h3-8H,9-10H2,1-2H3,(H,20,25)(H,21,23)(H,22,24). The number of amides is 3. The summed E-state index contributed by atoms with van der Waals surface area (Å²) in [6.45, 7) is 3.21.